The van der Waals surface area contributed by atoms with Gasteiger partial charge < -0.3 is 4.84 Å². The van der Waals surface area contributed by atoms with Crippen LogP contribution in [0.25, 0.3) is 0 Å². The molecule has 3 N–H and O–H groups in total. The molecule has 94 valence electrons. The van der Waals surface area contributed by atoms with Gasteiger partial charge in [0.05, 0.1) is 11.3 Å². The monoisotopic (exact) mass is 268 g/mol. The highest BCUT2D eigenvalue weighted by molar-refractivity contribution is 5.85. The molecule has 0 saturated carbocycles. The number of hydrazine groups is 2. The van der Waals surface area contributed by atoms with Crippen molar-refractivity contribution in [2.45, 2.75) is 6.18 Å². The molecule has 0 spiro atoms. The van der Waals surface area contributed by atoms with Crippen LogP contribution in [0, 0.1) is 5.41 Å². The number of alkyl halides is 3. The fourth-order valence-electron chi connectivity index (χ4n) is 1.26. The molecule has 1 aromatic carbocycles. The highest BCUT2D eigenvalue weighted by Gasteiger charge is 2.36. The van der Waals surface area contributed by atoms with Crippen molar-refractivity contribution in [2.75, 3.05) is 5.12 Å². The van der Waals surface area contributed by atoms with Gasteiger partial charge in [-0.25, -0.2) is 10.8 Å². The number of benzene rings is 1. The Hall–Kier alpha value is -1.67. The molecule has 9 heteroatoms. The Morgan fingerprint density at radius 3 is 2.41 bits per heavy atom. The largest absolute Gasteiger partial charge is 0.418 e. The lowest BCUT2D eigenvalue weighted by atomic mass is 10.2. The van der Waals surface area contributed by atoms with Gasteiger partial charge in [-0.1, -0.05) is 12.1 Å². The number of nitrogens with one attached hydrogen (secondary N) is 3. The second kappa shape index (κ2) is 4.68. The Kier molecular flexibility index (Phi) is 3.69. The number of anilines is 1. The van der Waals surface area contributed by atoms with Crippen molar-refractivity contribution in [3.05, 3.63) is 29.8 Å². The van der Waals surface area contributed by atoms with E-state index in [1.807, 2.05) is 0 Å². The second-order valence-corrected chi connectivity index (χ2v) is 2.98. The highest BCUT2D eigenvalue weighted by Crippen LogP contribution is 2.35. The lowest BCUT2D eigenvalue weighted by molar-refractivity contribution is -0.137. The molecule has 1 aromatic rings. The smallest absolute Gasteiger partial charge is 0.348 e. The zero-order valence-electron chi connectivity index (χ0n) is 8.21. The maximum Gasteiger partial charge on any atom is 0.418 e. The maximum absolute atomic E-state index is 12.6. The predicted octanol–water partition coefficient (Wildman–Crippen LogP) is 1.82. The van der Waals surface area contributed by atoms with Gasteiger partial charge in [-0.2, -0.15) is 18.3 Å². The second-order valence-electron chi connectivity index (χ2n) is 2.98. The van der Waals surface area contributed by atoms with Gasteiger partial charge in [0, 0.05) is 0 Å². The van der Waals surface area contributed by atoms with Gasteiger partial charge in [0.15, 0.2) is 0 Å². The van der Waals surface area contributed by atoms with E-state index in [0.29, 0.717) is 0 Å². The van der Waals surface area contributed by atoms with Crippen molar-refractivity contribution in [3.8, 4) is 0 Å². The van der Waals surface area contributed by atoms with E-state index >= 15 is 0 Å². The average molecular weight is 269 g/mol. The van der Waals surface area contributed by atoms with Crippen LogP contribution in [0.15, 0.2) is 24.3 Å². The van der Waals surface area contributed by atoms with Gasteiger partial charge in [0.2, 0.25) is 0 Å². The number of rotatable bonds is 1. The standard InChI is InChI=1S/C8H7F3N4O.ClH/c9-8(10,11)5-3-1-2-4-6(5)15-13-7(12)16-14-15;/h1-4,14H,(H2,12,13);1H. The van der Waals surface area contributed by atoms with Crippen LogP contribution in [0.1, 0.15) is 5.56 Å². The summed E-state index contributed by atoms with van der Waals surface area (Å²) in [5, 5.41) is 7.92. The molecule has 0 amide bonds. The van der Waals surface area contributed by atoms with Crippen molar-refractivity contribution in [2.24, 2.45) is 0 Å². The van der Waals surface area contributed by atoms with E-state index in [-0.39, 0.29) is 24.1 Å². The SMILES string of the molecule is Cl.N=C1NN(c2ccccc2C(F)(F)F)NO1. The van der Waals surface area contributed by atoms with Crippen LogP contribution in [0.4, 0.5) is 18.9 Å². The van der Waals surface area contributed by atoms with Crippen molar-refractivity contribution < 1.29 is 18.0 Å². The summed E-state index contributed by atoms with van der Waals surface area (Å²) < 4.78 is 37.9. The van der Waals surface area contributed by atoms with Gasteiger partial charge >= 0.3 is 12.2 Å². The van der Waals surface area contributed by atoms with E-state index in [2.05, 4.69) is 15.9 Å². The van der Waals surface area contributed by atoms with E-state index < -0.39 is 11.7 Å². The minimum Gasteiger partial charge on any atom is -0.348 e. The molecule has 1 fully saturated rings. The third kappa shape index (κ3) is 2.71. The Labute approximate surface area is 100 Å². The first-order chi connectivity index (χ1) is 7.48. The lowest BCUT2D eigenvalue weighted by Crippen LogP contribution is -2.40. The van der Waals surface area contributed by atoms with Crippen LogP contribution in [0.2, 0.25) is 0 Å². The number of para-hydroxylation sites is 1. The third-order valence-corrected chi connectivity index (χ3v) is 1.90. The molecule has 0 aliphatic carbocycles. The Balaban J connectivity index is 0.00000144. The molecule has 2 rings (SSSR count). The van der Waals surface area contributed by atoms with Crippen LogP contribution in [0.3, 0.4) is 0 Å². The van der Waals surface area contributed by atoms with Crippen molar-refractivity contribution in [1.29, 1.82) is 5.41 Å². The molecule has 1 heterocycles. The van der Waals surface area contributed by atoms with E-state index in [0.717, 1.165) is 11.2 Å². The predicted molar refractivity (Wildman–Crippen MR) is 56.3 cm³/mol. The quantitative estimate of drug-likeness (QED) is 0.727. The number of halogens is 4. The van der Waals surface area contributed by atoms with Crippen molar-refractivity contribution in [3.63, 3.8) is 0 Å². The van der Waals surface area contributed by atoms with Crippen molar-refractivity contribution >= 4 is 24.1 Å². The normalized spacial score (nSPS) is 15.0. The molecule has 1 aliphatic rings. The van der Waals surface area contributed by atoms with Gasteiger partial charge in [-0.3, -0.25) is 0 Å². The molecule has 1 saturated heterocycles. The molecule has 1 aliphatic heterocycles. The summed E-state index contributed by atoms with van der Waals surface area (Å²) in [6, 6.07) is 4.56. The summed E-state index contributed by atoms with van der Waals surface area (Å²) >= 11 is 0. The lowest BCUT2D eigenvalue weighted by Gasteiger charge is -2.19. The van der Waals surface area contributed by atoms with Crippen LogP contribution in [-0.2, 0) is 11.0 Å². The van der Waals surface area contributed by atoms with Crippen LogP contribution < -0.4 is 16.1 Å². The molecular weight excluding hydrogens is 261 g/mol. The third-order valence-electron chi connectivity index (χ3n) is 1.90. The average Bonchev–Trinajstić information content (AvgIpc) is 2.64. The molecule has 0 aromatic heterocycles. The topological polar surface area (TPSA) is 60.4 Å². The van der Waals surface area contributed by atoms with Crippen LogP contribution >= 0.6 is 12.4 Å². The van der Waals surface area contributed by atoms with Gasteiger partial charge in [-0.15, -0.1) is 12.4 Å². The summed E-state index contributed by atoms with van der Waals surface area (Å²) in [6.07, 6.45) is -4.47. The first-order valence-corrected chi connectivity index (χ1v) is 4.22. The first kappa shape index (κ1) is 13.4. The molecule has 5 nitrogen and oxygen atoms in total. The van der Waals surface area contributed by atoms with Gasteiger partial charge in [-0.05, 0) is 17.7 Å². The summed E-state index contributed by atoms with van der Waals surface area (Å²) in [4.78, 5) is 4.47. The fourth-order valence-corrected chi connectivity index (χ4v) is 1.26. The van der Waals surface area contributed by atoms with Crippen molar-refractivity contribution in [1.82, 2.24) is 11.0 Å². The molecule has 0 bridgehead atoms. The van der Waals surface area contributed by atoms with Crippen LogP contribution in [0.5, 0.6) is 0 Å². The maximum atomic E-state index is 12.6. The molecule has 0 unspecified atom stereocenters. The number of amidine groups is 1. The Morgan fingerprint density at radius 2 is 1.88 bits per heavy atom. The fraction of sp³-hybridized carbons (Fsp3) is 0.125. The van der Waals surface area contributed by atoms with E-state index in [1.165, 1.54) is 18.2 Å². The summed E-state index contributed by atoms with van der Waals surface area (Å²) in [6.45, 7) is 0. The zero-order chi connectivity index (χ0) is 11.8. The van der Waals surface area contributed by atoms with E-state index in [9.17, 15) is 13.2 Å². The minimum atomic E-state index is -4.47. The molecular formula is C8H8ClF3N4O. The molecule has 0 radical (unpaired) electrons. The van der Waals surface area contributed by atoms with Gasteiger partial charge in [0.1, 0.15) is 0 Å². The summed E-state index contributed by atoms with van der Waals surface area (Å²) in [5.74, 6) is 0. The van der Waals surface area contributed by atoms with E-state index in [1.54, 1.807) is 0 Å². The minimum absolute atomic E-state index is 0. The number of hydrogen-bond donors (Lipinski definition) is 3. The summed E-state index contributed by atoms with van der Waals surface area (Å²) in [7, 11) is 0. The molecule has 0 atom stereocenters. The highest BCUT2D eigenvalue weighted by atomic mass is 35.5. The van der Waals surface area contributed by atoms with E-state index in [4.69, 9.17) is 5.41 Å². The number of nitrogens with zero attached hydrogens (tertiary/aromatic N) is 1. The van der Waals surface area contributed by atoms with Crippen LogP contribution in [-0.4, -0.2) is 6.02 Å². The first-order valence-electron chi connectivity index (χ1n) is 4.22. The number of hydrogen-bond acceptors (Lipinski definition) is 4. The Morgan fingerprint density at radius 1 is 1.24 bits per heavy atom. The van der Waals surface area contributed by atoms with Gasteiger partial charge in [0.25, 0.3) is 0 Å². The zero-order valence-corrected chi connectivity index (χ0v) is 9.02. The molecule has 17 heavy (non-hydrogen) atoms. The Bertz CT molecular complexity index is 425. The summed E-state index contributed by atoms with van der Waals surface area (Å²) in [5.41, 5.74) is 3.40.